The molecule has 1 unspecified atom stereocenters. The maximum atomic E-state index is 13.5. The van der Waals surface area contributed by atoms with E-state index in [9.17, 15) is 9.59 Å². The molecule has 31 heavy (non-hydrogen) atoms. The number of carbonyl (C=O) groups excluding carboxylic acids is 2. The Morgan fingerprint density at radius 3 is 2.35 bits per heavy atom. The zero-order chi connectivity index (χ0) is 21.6. The van der Waals surface area contributed by atoms with E-state index < -0.39 is 6.04 Å². The summed E-state index contributed by atoms with van der Waals surface area (Å²) in [5.41, 5.74) is -0.230. The molecule has 4 saturated carbocycles. The Balaban J connectivity index is 1.23. The Morgan fingerprint density at radius 2 is 1.71 bits per heavy atom. The van der Waals surface area contributed by atoms with E-state index in [1.54, 1.807) is 0 Å². The van der Waals surface area contributed by atoms with Gasteiger partial charge in [0, 0.05) is 18.4 Å². The minimum atomic E-state index is -0.507. The molecule has 6 rings (SSSR count). The van der Waals surface area contributed by atoms with Crippen molar-refractivity contribution >= 4 is 11.8 Å². The summed E-state index contributed by atoms with van der Waals surface area (Å²) in [5.74, 6) is 4.03. The van der Waals surface area contributed by atoms with Gasteiger partial charge >= 0.3 is 0 Å². The summed E-state index contributed by atoms with van der Waals surface area (Å²) in [7, 11) is 0. The minimum Gasteiger partial charge on any atom is -0.347 e. The third-order valence-corrected chi connectivity index (χ3v) is 8.36. The molecule has 1 aromatic rings. The lowest BCUT2D eigenvalue weighted by atomic mass is 9.49. The second-order valence-electron chi connectivity index (χ2n) is 11.1. The van der Waals surface area contributed by atoms with Gasteiger partial charge in [0.2, 0.25) is 11.8 Å². The molecule has 5 aliphatic rings. The van der Waals surface area contributed by atoms with E-state index >= 15 is 0 Å². The average molecular weight is 428 g/mol. The predicted octanol–water partition coefficient (Wildman–Crippen LogP) is 2.98. The number of hydrogen-bond donors (Lipinski definition) is 2. The molecule has 4 bridgehead atoms. The van der Waals surface area contributed by atoms with Crippen LogP contribution in [0, 0.1) is 29.1 Å². The van der Waals surface area contributed by atoms with Crippen LogP contribution < -0.4 is 10.6 Å². The van der Waals surface area contributed by atoms with Gasteiger partial charge in [-0.15, -0.1) is 10.2 Å². The van der Waals surface area contributed by atoms with Crippen LogP contribution in [-0.2, 0) is 29.1 Å². The summed E-state index contributed by atoms with van der Waals surface area (Å²) >= 11 is 0. The SMILES string of the molecule is CC(C)C(NC(=O)C12CC3CC(CC(C3)C1)C2)C(=O)NCc1nnc2n1CCCCC2. The first-order valence-corrected chi connectivity index (χ1v) is 12.4. The molecule has 7 nitrogen and oxygen atoms in total. The Labute approximate surface area is 185 Å². The van der Waals surface area contributed by atoms with Gasteiger partial charge in [-0.05, 0) is 75.0 Å². The molecule has 0 radical (unpaired) electrons. The van der Waals surface area contributed by atoms with Crippen molar-refractivity contribution in [3.05, 3.63) is 11.6 Å². The largest absolute Gasteiger partial charge is 0.347 e. The summed E-state index contributed by atoms with van der Waals surface area (Å²) in [6.45, 7) is 5.30. The highest BCUT2D eigenvalue weighted by atomic mass is 16.2. The molecule has 1 atom stereocenters. The number of hydrogen-bond acceptors (Lipinski definition) is 4. The summed E-state index contributed by atoms with van der Waals surface area (Å²) in [5, 5.41) is 14.9. The Kier molecular flexibility index (Phi) is 5.55. The number of aryl methyl sites for hydroxylation is 1. The van der Waals surface area contributed by atoms with Crippen LogP contribution >= 0.6 is 0 Å². The molecule has 2 N–H and O–H groups in total. The molecule has 0 aromatic carbocycles. The minimum absolute atomic E-state index is 0.0355. The van der Waals surface area contributed by atoms with Gasteiger partial charge < -0.3 is 15.2 Å². The lowest BCUT2D eigenvalue weighted by Crippen LogP contribution is -2.58. The van der Waals surface area contributed by atoms with Gasteiger partial charge in [-0.1, -0.05) is 20.3 Å². The van der Waals surface area contributed by atoms with Crippen LogP contribution in [0.3, 0.4) is 0 Å². The van der Waals surface area contributed by atoms with Crippen LogP contribution in [0.4, 0.5) is 0 Å². The van der Waals surface area contributed by atoms with Crippen LogP contribution in [0.15, 0.2) is 0 Å². The van der Waals surface area contributed by atoms with Crippen molar-refractivity contribution in [2.24, 2.45) is 29.1 Å². The Morgan fingerprint density at radius 1 is 1.03 bits per heavy atom. The first kappa shape index (κ1) is 21.0. The van der Waals surface area contributed by atoms with Crippen LogP contribution in [-0.4, -0.2) is 32.6 Å². The predicted molar refractivity (Wildman–Crippen MR) is 117 cm³/mol. The zero-order valence-corrected chi connectivity index (χ0v) is 19.0. The Bertz CT molecular complexity index is 810. The smallest absolute Gasteiger partial charge is 0.243 e. The van der Waals surface area contributed by atoms with Crippen molar-refractivity contribution in [1.29, 1.82) is 0 Å². The van der Waals surface area contributed by atoms with Gasteiger partial charge in [0.15, 0.2) is 5.82 Å². The van der Waals surface area contributed by atoms with E-state index in [-0.39, 0.29) is 23.1 Å². The summed E-state index contributed by atoms with van der Waals surface area (Å²) < 4.78 is 2.16. The first-order chi connectivity index (χ1) is 14.9. The quantitative estimate of drug-likeness (QED) is 0.730. The molecule has 2 amide bonds. The molecule has 1 aliphatic heterocycles. The van der Waals surface area contributed by atoms with E-state index in [0.29, 0.717) is 24.3 Å². The first-order valence-electron chi connectivity index (χ1n) is 12.4. The summed E-state index contributed by atoms with van der Waals surface area (Å²) in [6.07, 6.45) is 11.4. The topological polar surface area (TPSA) is 88.9 Å². The average Bonchev–Trinajstić information content (AvgIpc) is 2.94. The van der Waals surface area contributed by atoms with Gasteiger partial charge in [-0.3, -0.25) is 9.59 Å². The molecular formula is C24H37N5O2. The number of aromatic nitrogens is 3. The van der Waals surface area contributed by atoms with Gasteiger partial charge in [-0.2, -0.15) is 0 Å². The standard InChI is InChI=1S/C24H37N5O2/c1-15(2)21(22(30)25-14-20-28-27-19-6-4-3-5-7-29(19)20)26-23(31)24-11-16-8-17(12-24)10-18(9-16)13-24/h15-18,21H,3-14H2,1-2H3,(H,25,30)(H,26,31). The highest BCUT2D eigenvalue weighted by Crippen LogP contribution is 2.60. The van der Waals surface area contributed by atoms with Crippen LogP contribution in [0.25, 0.3) is 0 Å². The molecule has 0 saturated heterocycles. The molecule has 4 aliphatic carbocycles. The highest BCUT2D eigenvalue weighted by molar-refractivity contribution is 5.90. The Hall–Kier alpha value is -1.92. The normalized spacial score (nSPS) is 32.4. The lowest BCUT2D eigenvalue weighted by molar-refractivity contribution is -0.149. The molecule has 1 aromatic heterocycles. The van der Waals surface area contributed by atoms with E-state index in [1.165, 1.54) is 25.7 Å². The van der Waals surface area contributed by atoms with Crippen LogP contribution in [0.1, 0.15) is 83.3 Å². The van der Waals surface area contributed by atoms with Crippen molar-refractivity contribution in [2.45, 2.75) is 97.2 Å². The van der Waals surface area contributed by atoms with E-state index in [4.69, 9.17) is 0 Å². The lowest BCUT2D eigenvalue weighted by Gasteiger charge is -2.55. The number of nitrogens with zero attached hydrogens (tertiary/aromatic N) is 3. The van der Waals surface area contributed by atoms with E-state index in [0.717, 1.165) is 56.7 Å². The van der Waals surface area contributed by atoms with Crippen molar-refractivity contribution in [2.75, 3.05) is 0 Å². The maximum absolute atomic E-state index is 13.5. The monoisotopic (exact) mass is 427 g/mol. The second-order valence-corrected chi connectivity index (χ2v) is 11.1. The van der Waals surface area contributed by atoms with E-state index in [2.05, 4.69) is 25.4 Å². The van der Waals surface area contributed by atoms with E-state index in [1.807, 2.05) is 13.8 Å². The number of fused-ring (bicyclic) bond motifs is 1. The van der Waals surface area contributed by atoms with Crippen molar-refractivity contribution in [3.63, 3.8) is 0 Å². The molecule has 170 valence electrons. The third kappa shape index (κ3) is 4.00. The fourth-order valence-electron chi connectivity index (χ4n) is 7.17. The molecule has 7 heteroatoms. The molecule has 4 fully saturated rings. The van der Waals surface area contributed by atoms with Gasteiger partial charge in [0.1, 0.15) is 11.9 Å². The summed E-state index contributed by atoms with van der Waals surface area (Å²) in [6, 6.07) is -0.507. The molecular weight excluding hydrogens is 390 g/mol. The van der Waals surface area contributed by atoms with Crippen molar-refractivity contribution in [3.8, 4) is 0 Å². The third-order valence-electron chi connectivity index (χ3n) is 8.36. The van der Waals surface area contributed by atoms with Crippen molar-refractivity contribution < 1.29 is 9.59 Å². The number of nitrogens with one attached hydrogen (secondary N) is 2. The fraction of sp³-hybridized carbons (Fsp3) is 0.833. The molecule has 0 spiro atoms. The fourth-order valence-corrected chi connectivity index (χ4v) is 7.17. The summed E-state index contributed by atoms with van der Waals surface area (Å²) in [4.78, 5) is 26.6. The second kappa shape index (κ2) is 8.21. The van der Waals surface area contributed by atoms with Gasteiger partial charge in [0.25, 0.3) is 0 Å². The number of carbonyl (C=O) groups is 2. The van der Waals surface area contributed by atoms with Crippen LogP contribution in [0.5, 0.6) is 0 Å². The zero-order valence-electron chi connectivity index (χ0n) is 19.0. The number of amides is 2. The van der Waals surface area contributed by atoms with Gasteiger partial charge in [-0.25, -0.2) is 0 Å². The highest BCUT2D eigenvalue weighted by Gasteiger charge is 2.55. The number of rotatable bonds is 6. The van der Waals surface area contributed by atoms with Crippen molar-refractivity contribution in [1.82, 2.24) is 25.4 Å². The molecule has 2 heterocycles. The van der Waals surface area contributed by atoms with Gasteiger partial charge in [0.05, 0.1) is 6.54 Å². The maximum Gasteiger partial charge on any atom is 0.243 e. The van der Waals surface area contributed by atoms with Crippen LogP contribution in [0.2, 0.25) is 0 Å².